The predicted octanol–water partition coefficient (Wildman–Crippen LogP) is 1.89. The molecule has 0 radical (unpaired) electrons. The summed E-state index contributed by atoms with van der Waals surface area (Å²) >= 11 is 0. The number of nitrogens with zero attached hydrogens (tertiary/aromatic N) is 2. The Kier molecular flexibility index (Phi) is 5.06. The summed E-state index contributed by atoms with van der Waals surface area (Å²) < 4.78 is 10.4. The molecule has 2 rings (SSSR count). The van der Waals surface area contributed by atoms with E-state index in [0.717, 1.165) is 5.56 Å². The summed E-state index contributed by atoms with van der Waals surface area (Å²) in [6.45, 7) is 3.25. The Bertz CT molecular complexity index is 484. The SMILES string of the molecule is CCOCCc1noc([C@H](N)Cc2ccccc2)n1. The van der Waals surface area contributed by atoms with E-state index in [4.69, 9.17) is 15.0 Å². The lowest BCUT2D eigenvalue weighted by atomic mass is 10.1. The molecule has 0 unspecified atom stereocenters. The third kappa shape index (κ3) is 4.15. The fourth-order valence-corrected chi connectivity index (χ4v) is 1.78. The number of hydrogen-bond acceptors (Lipinski definition) is 5. The molecule has 0 amide bonds. The second-order valence-corrected chi connectivity index (χ2v) is 4.29. The van der Waals surface area contributed by atoms with Crippen LogP contribution < -0.4 is 5.73 Å². The van der Waals surface area contributed by atoms with E-state index in [0.29, 0.717) is 37.8 Å². The molecule has 0 bridgehead atoms. The molecular formula is C14H19N3O2. The van der Waals surface area contributed by atoms with Gasteiger partial charge >= 0.3 is 0 Å². The van der Waals surface area contributed by atoms with Gasteiger partial charge in [-0.15, -0.1) is 0 Å². The highest BCUT2D eigenvalue weighted by molar-refractivity contribution is 5.16. The van der Waals surface area contributed by atoms with Gasteiger partial charge in [-0.2, -0.15) is 4.98 Å². The van der Waals surface area contributed by atoms with Gasteiger partial charge < -0.3 is 15.0 Å². The molecule has 5 heteroatoms. The first-order valence-electron chi connectivity index (χ1n) is 6.49. The summed E-state index contributed by atoms with van der Waals surface area (Å²) in [7, 11) is 0. The third-order valence-corrected chi connectivity index (χ3v) is 2.77. The lowest BCUT2D eigenvalue weighted by Crippen LogP contribution is -2.14. The molecule has 2 aromatic rings. The van der Waals surface area contributed by atoms with Gasteiger partial charge in [-0.3, -0.25) is 0 Å². The van der Waals surface area contributed by atoms with Crippen molar-refractivity contribution in [3.63, 3.8) is 0 Å². The summed E-state index contributed by atoms with van der Waals surface area (Å²) in [6, 6.07) is 9.76. The normalized spacial score (nSPS) is 12.5. The minimum Gasteiger partial charge on any atom is -0.381 e. The van der Waals surface area contributed by atoms with Crippen LogP contribution in [0.3, 0.4) is 0 Å². The largest absolute Gasteiger partial charge is 0.381 e. The smallest absolute Gasteiger partial charge is 0.243 e. The average molecular weight is 261 g/mol. The predicted molar refractivity (Wildman–Crippen MR) is 71.6 cm³/mol. The van der Waals surface area contributed by atoms with E-state index < -0.39 is 0 Å². The minimum absolute atomic E-state index is 0.268. The van der Waals surface area contributed by atoms with Crippen molar-refractivity contribution in [3.05, 3.63) is 47.6 Å². The van der Waals surface area contributed by atoms with Gasteiger partial charge in [0.15, 0.2) is 5.82 Å². The van der Waals surface area contributed by atoms with Gasteiger partial charge in [0.1, 0.15) is 0 Å². The van der Waals surface area contributed by atoms with E-state index >= 15 is 0 Å². The number of benzene rings is 1. The maximum absolute atomic E-state index is 6.07. The molecule has 0 aliphatic heterocycles. The van der Waals surface area contributed by atoms with Gasteiger partial charge in [0.05, 0.1) is 12.6 Å². The molecule has 1 aromatic heterocycles. The van der Waals surface area contributed by atoms with Crippen molar-refractivity contribution in [2.24, 2.45) is 5.73 Å². The summed E-state index contributed by atoms with van der Waals surface area (Å²) in [5.41, 5.74) is 7.22. The van der Waals surface area contributed by atoms with Crippen molar-refractivity contribution in [1.29, 1.82) is 0 Å². The quantitative estimate of drug-likeness (QED) is 0.770. The average Bonchev–Trinajstić information content (AvgIpc) is 2.89. The molecule has 0 aliphatic rings. The first-order chi connectivity index (χ1) is 9.29. The second-order valence-electron chi connectivity index (χ2n) is 4.29. The Morgan fingerprint density at radius 3 is 2.84 bits per heavy atom. The Morgan fingerprint density at radius 1 is 1.32 bits per heavy atom. The maximum Gasteiger partial charge on any atom is 0.243 e. The summed E-state index contributed by atoms with van der Waals surface area (Å²) in [6.07, 6.45) is 1.34. The second kappa shape index (κ2) is 7.01. The van der Waals surface area contributed by atoms with Crippen LogP contribution in [0.25, 0.3) is 0 Å². The number of hydrogen-bond donors (Lipinski definition) is 1. The molecule has 0 saturated heterocycles. The highest BCUT2D eigenvalue weighted by Gasteiger charge is 2.15. The number of ether oxygens (including phenoxy) is 1. The van der Waals surface area contributed by atoms with Crippen LogP contribution in [0, 0.1) is 0 Å². The van der Waals surface area contributed by atoms with Crippen molar-refractivity contribution in [2.45, 2.75) is 25.8 Å². The topological polar surface area (TPSA) is 74.2 Å². The zero-order valence-corrected chi connectivity index (χ0v) is 11.1. The standard InChI is InChI=1S/C14H19N3O2/c1-2-18-9-8-13-16-14(19-17-13)12(15)10-11-6-4-3-5-7-11/h3-7,12H,2,8-10,15H2,1H3/t12-/m1/s1. The van der Waals surface area contributed by atoms with Crippen molar-refractivity contribution < 1.29 is 9.26 Å². The summed E-state index contributed by atoms with van der Waals surface area (Å²) in [4.78, 5) is 4.30. The first kappa shape index (κ1) is 13.7. The van der Waals surface area contributed by atoms with Gasteiger partial charge in [-0.05, 0) is 18.9 Å². The van der Waals surface area contributed by atoms with Crippen LogP contribution >= 0.6 is 0 Å². The van der Waals surface area contributed by atoms with Gasteiger partial charge in [-0.1, -0.05) is 35.5 Å². The van der Waals surface area contributed by atoms with Crippen LogP contribution in [-0.4, -0.2) is 23.4 Å². The van der Waals surface area contributed by atoms with Gasteiger partial charge in [0, 0.05) is 13.0 Å². The molecule has 5 nitrogen and oxygen atoms in total. The van der Waals surface area contributed by atoms with Gasteiger partial charge in [0.25, 0.3) is 0 Å². The van der Waals surface area contributed by atoms with Crippen LogP contribution in [0.4, 0.5) is 0 Å². The fourth-order valence-electron chi connectivity index (χ4n) is 1.78. The van der Waals surface area contributed by atoms with Gasteiger partial charge in [0.2, 0.25) is 5.89 Å². The van der Waals surface area contributed by atoms with E-state index in [-0.39, 0.29) is 6.04 Å². The van der Waals surface area contributed by atoms with Crippen molar-refractivity contribution in [1.82, 2.24) is 10.1 Å². The molecule has 0 fully saturated rings. The van der Waals surface area contributed by atoms with Gasteiger partial charge in [-0.25, -0.2) is 0 Å². The molecule has 1 heterocycles. The third-order valence-electron chi connectivity index (χ3n) is 2.77. The molecular weight excluding hydrogens is 242 g/mol. The zero-order valence-electron chi connectivity index (χ0n) is 11.1. The molecule has 1 aromatic carbocycles. The van der Waals surface area contributed by atoms with Crippen LogP contribution in [0.1, 0.15) is 30.2 Å². The summed E-state index contributed by atoms with van der Waals surface area (Å²) in [5.74, 6) is 1.13. The lowest BCUT2D eigenvalue weighted by Gasteiger charge is -2.05. The van der Waals surface area contributed by atoms with E-state index in [9.17, 15) is 0 Å². The molecule has 102 valence electrons. The van der Waals surface area contributed by atoms with E-state index in [1.165, 1.54) is 0 Å². The first-order valence-corrected chi connectivity index (χ1v) is 6.49. The molecule has 0 saturated carbocycles. The molecule has 0 aliphatic carbocycles. The van der Waals surface area contributed by atoms with Crippen LogP contribution in [0.15, 0.2) is 34.9 Å². The van der Waals surface area contributed by atoms with Crippen LogP contribution in [0.5, 0.6) is 0 Å². The minimum atomic E-state index is -0.268. The zero-order chi connectivity index (χ0) is 13.5. The van der Waals surface area contributed by atoms with Crippen molar-refractivity contribution >= 4 is 0 Å². The maximum atomic E-state index is 6.07. The highest BCUT2D eigenvalue weighted by Crippen LogP contribution is 2.14. The van der Waals surface area contributed by atoms with E-state index in [1.54, 1.807) is 0 Å². The van der Waals surface area contributed by atoms with E-state index in [2.05, 4.69) is 10.1 Å². The van der Waals surface area contributed by atoms with E-state index in [1.807, 2.05) is 37.3 Å². The molecule has 19 heavy (non-hydrogen) atoms. The Hall–Kier alpha value is -1.72. The van der Waals surface area contributed by atoms with Crippen LogP contribution in [0.2, 0.25) is 0 Å². The van der Waals surface area contributed by atoms with Crippen molar-refractivity contribution in [2.75, 3.05) is 13.2 Å². The molecule has 2 N–H and O–H groups in total. The Labute approximate surface area is 112 Å². The number of rotatable bonds is 7. The monoisotopic (exact) mass is 261 g/mol. The number of nitrogens with two attached hydrogens (primary N) is 1. The summed E-state index contributed by atoms with van der Waals surface area (Å²) in [5, 5.41) is 3.90. The Morgan fingerprint density at radius 2 is 2.11 bits per heavy atom. The highest BCUT2D eigenvalue weighted by atomic mass is 16.5. The van der Waals surface area contributed by atoms with Crippen molar-refractivity contribution in [3.8, 4) is 0 Å². The molecule has 1 atom stereocenters. The number of aromatic nitrogens is 2. The Balaban J connectivity index is 1.90. The fraction of sp³-hybridized carbons (Fsp3) is 0.429. The lowest BCUT2D eigenvalue weighted by molar-refractivity contribution is 0.149. The van der Waals surface area contributed by atoms with Crippen LogP contribution in [-0.2, 0) is 17.6 Å². The molecule has 0 spiro atoms.